The fourth-order valence-corrected chi connectivity index (χ4v) is 4.51. The van der Waals surface area contributed by atoms with Crippen molar-refractivity contribution in [2.75, 3.05) is 0 Å². The van der Waals surface area contributed by atoms with Gasteiger partial charge in [0, 0.05) is 14.0 Å². The van der Waals surface area contributed by atoms with Gasteiger partial charge >= 0.3 is 0 Å². The normalized spacial score (nSPS) is 13.4. The van der Waals surface area contributed by atoms with Crippen LogP contribution in [0.4, 0.5) is 0 Å². The molecule has 0 atom stereocenters. The van der Waals surface area contributed by atoms with E-state index in [1.807, 2.05) is 30.3 Å². The van der Waals surface area contributed by atoms with Crippen LogP contribution in [0.3, 0.4) is 0 Å². The molecule has 18 heavy (non-hydrogen) atoms. The molecule has 0 aliphatic heterocycles. The van der Waals surface area contributed by atoms with Crippen LogP contribution in [0, 0.1) is 13.8 Å². The van der Waals surface area contributed by atoms with Crippen molar-refractivity contribution in [1.29, 1.82) is 0 Å². The van der Waals surface area contributed by atoms with E-state index < -0.39 is 14.9 Å². The molecule has 0 fully saturated rings. The second-order valence-electron chi connectivity index (χ2n) is 5.70. The van der Waals surface area contributed by atoms with E-state index in [-0.39, 0.29) is 0 Å². The maximum absolute atomic E-state index is 7.82. The zero-order valence-electron chi connectivity index (χ0n) is 13.5. The van der Waals surface area contributed by atoms with Gasteiger partial charge in [-0.25, -0.2) is 0 Å². The number of hydrogen-bond donors (Lipinski definition) is 0. The van der Waals surface area contributed by atoms with E-state index in [0.717, 1.165) is 22.0 Å². The lowest BCUT2D eigenvalue weighted by atomic mass is 10.1. The molecule has 0 bridgehead atoms. The Bertz CT molecular complexity index is 604. The Morgan fingerprint density at radius 2 is 1.78 bits per heavy atom. The largest absolute Gasteiger partial charge is 0.253 e. The first-order chi connectivity index (χ1) is 9.30. The topological polar surface area (TPSA) is 12.9 Å². The van der Waals surface area contributed by atoms with Crippen LogP contribution in [-0.2, 0) is 0 Å². The Hall–Kier alpha value is -1.41. The molecule has 1 nitrogen and oxygen atoms in total. The van der Waals surface area contributed by atoms with E-state index in [0.29, 0.717) is 5.69 Å². The minimum Gasteiger partial charge on any atom is -0.253 e. The van der Waals surface area contributed by atoms with E-state index >= 15 is 0 Å². The predicted molar refractivity (Wildman–Crippen MR) is 82.1 cm³/mol. The molecule has 94 valence electrons. The third-order valence-corrected chi connectivity index (χ3v) is 5.21. The molecule has 1 aromatic carbocycles. The monoisotopic (exact) mass is 257 g/mol. The number of aromatic nitrogens is 1. The first kappa shape index (κ1) is 10.5. The van der Waals surface area contributed by atoms with Crippen LogP contribution < -0.4 is 5.19 Å². The highest BCUT2D eigenvalue weighted by Crippen LogP contribution is 2.19. The summed E-state index contributed by atoms with van der Waals surface area (Å²) in [6, 6.07) is 12.1. The van der Waals surface area contributed by atoms with Crippen LogP contribution in [0.1, 0.15) is 14.0 Å². The first-order valence-electron chi connectivity index (χ1n) is 7.38. The van der Waals surface area contributed by atoms with Gasteiger partial charge in [-0.3, -0.25) is 4.98 Å². The molecule has 0 radical (unpaired) electrons. The third-order valence-electron chi connectivity index (χ3n) is 3.06. The highest BCUT2D eigenvalue weighted by atomic mass is 28.3. The molecule has 2 heteroatoms. The number of pyridine rings is 1. The van der Waals surface area contributed by atoms with Gasteiger partial charge in [-0.05, 0) is 30.6 Å². The average Bonchev–Trinajstić information content (AvgIpc) is 2.37. The molecule has 0 unspecified atom stereocenters. The molecular formula is C16H21NSi. The van der Waals surface area contributed by atoms with E-state index in [4.69, 9.17) is 2.74 Å². The Morgan fingerprint density at radius 3 is 2.33 bits per heavy atom. The van der Waals surface area contributed by atoms with E-state index in [1.165, 1.54) is 0 Å². The number of rotatable bonds is 2. The minimum atomic E-state index is -1.61. The van der Waals surface area contributed by atoms with Gasteiger partial charge in [0.15, 0.2) is 0 Å². The van der Waals surface area contributed by atoms with Crippen molar-refractivity contribution < 1.29 is 2.74 Å². The van der Waals surface area contributed by atoms with Gasteiger partial charge in [-0.15, -0.1) is 0 Å². The van der Waals surface area contributed by atoms with Crippen molar-refractivity contribution >= 4 is 13.3 Å². The standard InChI is InChI=1S/C16H21NSi/c1-12-11-15(14-9-7-6-8-10-14)17-13(2)16(12)18(3,4)5/h6-11H,1-5H3/i2D2. The highest BCUT2D eigenvalue weighted by molar-refractivity contribution is 6.89. The summed E-state index contributed by atoms with van der Waals surface area (Å²) in [5.74, 6) is 0. The van der Waals surface area contributed by atoms with Gasteiger partial charge in [0.1, 0.15) is 0 Å². The Morgan fingerprint density at radius 1 is 1.11 bits per heavy atom. The lowest BCUT2D eigenvalue weighted by molar-refractivity contribution is 1.20. The maximum atomic E-state index is 7.82. The van der Waals surface area contributed by atoms with Crippen LogP contribution in [0.5, 0.6) is 0 Å². The van der Waals surface area contributed by atoms with Gasteiger partial charge in [0.05, 0.1) is 13.8 Å². The minimum absolute atomic E-state index is 0.628. The van der Waals surface area contributed by atoms with Crippen LogP contribution in [0.2, 0.25) is 19.6 Å². The van der Waals surface area contributed by atoms with E-state index in [2.05, 4.69) is 37.6 Å². The maximum Gasteiger partial charge on any atom is 0.0803 e. The second-order valence-corrected chi connectivity index (χ2v) is 10.7. The molecule has 0 aliphatic carbocycles. The molecule has 0 aliphatic rings. The highest BCUT2D eigenvalue weighted by Gasteiger charge is 2.22. The zero-order valence-corrected chi connectivity index (χ0v) is 12.5. The van der Waals surface area contributed by atoms with Gasteiger partial charge in [-0.2, -0.15) is 0 Å². The molecule has 0 saturated carbocycles. The van der Waals surface area contributed by atoms with E-state index in [1.54, 1.807) is 0 Å². The summed E-state index contributed by atoms with van der Waals surface area (Å²) < 4.78 is 15.6. The molecule has 1 aromatic heterocycles. The molecule has 0 amide bonds. The number of benzene rings is 1. The lowest BCUT2D eigenvalue weighted by Crippen LogP contribution is -2.42. The predicted octanol–water partition coefficient (Wildman–Crippen LogP) is 3.91. The first-order valence-corrected chi connectivity index (χ1v) is 9.72. The van der Waals surface area contributed by atoms with Crippen LogP contribution in [0.15, 0.2) is 36.4 Å². The van der Waals surface area contributed by atoms with Crippen molar-refractivity contribution in [3.63, 3.8) is 0 Å². The molecule has 0 spiro atoms. The number of nitrogens with zero attached hydrogens (tertiary/aromatic N) is 1. The summed E-state index contributed by atoms with van der Waals surface area (Å²) in [7, 11) is -1.61. The molecule has 2 rings (SSSR count). The summed E-state index contributed by atoms with van der Waals surface area (Å²) in [5.41, 5.74) is 3.70. The van der Waals surface area contributed by atoms with Crippen molar-refractivity contribution in [3.05, 3.63) is 47.7 Å². The summed E-state index contributed by atoms with van der Waals surface area (Å²) >= 11 is 0. The summed E-state index contributed by atoms with van der Waals surface area (Å²) in [6.45, 7) is 7.77. The number of aryl methyl sites for hydroxylation is 2. The molecule has 1 heterocycles. The van der Waals surface area contributed by atoms with Crippen LogP contribution in [-0.4, -0.2) is 13.1 Å². The lowest BCUT2D eigenvalue weighted by Gasteiger charge is -2.22. The van der Waals surface area contributed by atoms with Gasteiger partial charge in [0.25, 0.3) is 0 Å². The fourth-order valence-electron chi connectivity index (χ4n) is 2.43. The summed E-state index contributed by atoms with van der Waals surface area (Å²) in [5, 5.41) is 1.16. The smallest absolute Gasteiger partial charge is 0.0803 e. The molecule has 0 N–H and O–H groups in total. The molecule has 0 saturated heterocycles. The number of hydrogen-bond acceptors (Lipinski definition) is 1. The SMILES string of the molecule is [2H]C([2H])c1nc(-c2ccccc2)cc(C)c1[Si](C)(C)C. The Labute approximate surface area is 114 Å². The van der Waals surface area contributed by atoms with Crippen molar-refractivity contribution in [2.24, 2.45) is 0 Å². The average molecular weight is 257 g/mol. The second kappa shape index (κ2) is 4.69. The van der Waals surface area contributed by atoms with Crippen LogP contribution >= 0.6 is 0 Å². The van der Waals surface area contributed by atoms with Crippen molar-refractivity contribution in [1.82, 2.24) is 4.98 Å². The third kappa shape index (κ3) is 2.54. The quantitative estimate of drug-likeness (QED) is 0.743. The van der Waals surface area contributed by atoms with Gasteiger partial charge in [0.2, 0.25) is 0 Å². The Kier molecular flexibility index (Phi) is 2.74. The fraction of sp³-hybridized carbons (Fsp3) is 0.312. The Balaban J connectivity index is 2.66. The van der Waals surface area contributed by atoms with E-state index in [9.17, 15) is 0 Å². The summed E-state index contributed by atoms with van der Waals surface area (Å²) in [6.07, 6.45) is 0. The zero-order chi connectivity index (χ0) is 14.9. The molecular weight excluding hydrogens is 234 g/mol. The van der Waals surface area contributed by atoms with Gasteiger partial charge < -0.3 is 0 Å². The van der Waals surface area contributed by atoms with Gasteiger partial charge in [-0.1, -0.05) is 50.0 Å². The van der Waals surface area contributed by atoms with Crippen LogP contribution in [0.25, 0.3) is 11.3 Å². The van der Waals surface area contributed by atoms with Crippen molar-refractivity contribution in [2.45, 2.75) is 33.4 Å². The van der Waals surface area contributed by atoms with Crippen molar-refractivity contribution in [3.8, 4) is 11.3 Å². The summed E-state index contributed by atoms with van der Waals surface area (Å²) in [4.78, 5) is 4.63. The molecule has 2 aromatic rings.